The Morgan fingerprint density at radius 2 is 2.25 bits per heavy atom. The molecule has 0 spiro atoms. The number of hydrogen-bond acceptors (Lipinski definition) is 2. The highest BCUT2D eigenvalue weighted by Crippen LogP contribution is 2.22. The number of rotatable bonds is 3. The normalized spacial score (nSPS) is 12.3. The Balaban J connectivity index is 3.01. The van der Waals surface area contributed by atoms with Crippen LogP contribution in [0.25, 0.3) is 0 Å². The average molecular weight is 290 g/mol. The van der Waals surface area contributed by atoms with Crippen LogP contribution in [0.2, 0.25) is 0 Å². The predicted octanol–water partition coefficient (Wildman–Crippen LogP) is 2.04. The molecule has 1 aromatic carbocycles. The first-order chi connectivity index (χ1) is 7.49. The van der Waals surface area contributed by atoms with Gasteiger partial charge in [-0.05, 0) is 35.0 Å². The number of amides is 1. The summed E-state index contributed by atoms with van der Waals surface area (Å²) in [5.41, 5.74) is 0.253. The molecule has 3 nitrogen and oxygen atoms in total. The van der Waals surface area contributed by atoms with Gasteiger partial charge in [-0.3, -0.25) is 4.79 Å². The lowest BCUT2D eigenvalue weighted by Crippen LogP contribution is -2.37. The molecule has 0 saturated heterocycles. The number of hydrogen-bond donors (Lipinski definition) is 1. The van der Waals surface area contributed by atoms with E-state index in [9.17, 15) is 9.18 Å². The van der Waals surface area contributed by atoms with Crippen LogP contribution in [0.4, 0.5) is 4.39 Å². The van der Waals surface area contributed by atoms with Gasteiger partial charge in [0.05, 0.1) is 22.7 Å². The maximum atomic E-state index is 13.2. The summed E-state index contributed by atoms with van der Waals surface area (Å²) in [5, 5.41) is 8.95. The zero-order chi connectivity index (χ0) is 12.3. The summed E-state index contributed by atoms with van der Waals surface area (Å²) in [5.74, 6) is -0.802. The van der Waals surface area contributed by atoms with Crippen molar-refractivity contribution in [1.82, 2.24) is 4.90 Å². The molecule has 0 saturated carbocycles. The Labute approximate surface area is 102 Å². The molecule has 1 amide bonds. The van der Waals surface area contributed by atoms with Crippen molar-refractivity contribution in [1.29, 1.82) is 0 Å². The van der Waals surface area contributed by atoms with Crippen LogP contribution in [0.5, 0.6) is 0 Å². The molecule has 1 N–H and O–H groups in total. The van der Waals surface area contributed by atoms with Crippen molar-refractivity contribution in [3.8, 4) is 0 Å². The van der Waals surface area contributed by atoms with Crippen LogP contribution in [0.1, 0.15) is 17.3 Å². The summed E-state index contributed by atoms with van der Waals surface area (Å²) in [6.45, 7) is 1.58. The van der Waals surface area contributed by atoms with Gasteiger partial charge in [0, 0.05) is 7.05 Å². The maximum Gasteiger partial charge on any atom is 0.255 e. The van der Waals surface area contributed by atoms with Gasteiger partial charge in [0.1, 0.15) is 5.82 Å². The van der Waals surface area contributed by atoms with E-state index in [-0.39, 0.29) is 28.6 Å². The minimum atomic E-state index is -0.476. The Kier molecular flexibility index (Phi) is 4.44. The number of nitrogens with zero attached hydrogens (tertiary/aromatic N) is 1. The van der Waals surface area contributed by atoms with Crippen molar-refractivity contribution in [3.05, 3.63) is 34.1 Å². The summed E-state index contributed by atoms with van der Waals surface area (Å²) in [7, 11) is 1.57. The lowest BCUT2D eigenvalue weighted by atomic mass is 10.1. The molecule has 0 fully saturated rings. The lowest BCUT2D eigenvalue weighted by Gasteiger charge is -2.23. The van der Waals surface area contributed by atoms with E-state index in [2.05, 4.69) is 15.9 Å². The third kappa shape index (κ3) is 2.59. The van der Waals surface area contributed by atoms with E-state index in [1.165, 1.54) is 23.1 Å². The minimum Gasteiger partial charge on any atom is -0.394 e. The molecule has 0 aliphatic heterocycles. The molecule has 1 unspecified atom stereocenters. The van der Waals surface area contributed by atoms with E-state index in [1.54, 1.807) is 14.0 Å². The Morgan fingerprint density at radius 1 is 1.62 bits per heavy atom. The fourth-order valence-corrected chi connectivity index (χ4v) is 1.62. The van der Waals surface area contributed by atoms with Gasteiger partial charge in [-0.1, -0.05) is 6.07 Å². The summed E-state index contributed by atoms with van der Waals surface area (Å²) in [4.78, 5) is 13.3. The largest absolute Gasteiger partial charge is 0.394 e. The molecule has 0 aromatic heterocycles. The van der Waals surface area contributed by atoms with E-state index < -0.39 is 5.82 Å². The molecule has 0 radical (unpaired) electrons. The third-order valence-corrected chi connectivity index (χ3v) is 3.23. The Morgan fingerprint density at radius 3 is 2.81 bits per heavy atom. The molecule has 0 heterocycles. The van der Waals surface area contributed by atoms with Gasteiger partial charge >= 0.3 is 0 Å². The number of benzene rings is 1. The number of carbonyl (C=O) groups excluding carboxylic acids is 1. The van der Waals surface area contributed by atoms with Crippen LogP contribution in [0, 0.1) is 5.82 Å². The molecule has 1 atom stereocenters. The molecule has 16 heavy (non-hydrogen) atoms. The maximum absolute atomic E-state index is 13.2. The molecule has 0 aliphatic rings. The van der Waals surface area contributed by atoms with Gasteiger partial charge in [-0.25, -0.2) is 4.39 Å². The average Bonchev–Trinajstić information content (AvgIpc) is 2.29. The molecule has 0 aliphatic carbocycles. The highest BCUT2D eigenvalue weighted by atomic mass is 79.9. The second-order valence-electron chi connectivity index (χ2n) is 3.55. The van der Waals surface area contributed by atoms with Crippen LogP contribution < -0.4 is 0 Å². The summed E-state index contributed by atoms with van der Waals surface area (Å²) < 4.78 is 13.4. The molecule has 1 aromatic rings. The topological polar surface area (TPSA) is 40.5 Å². The molecule has 1 rings (SSSR count). The minimum absolute atomic E-state index is 0.130. The summed E-state index contributed by atoms with van der Waals surface area (Å²) in [6, 6.07) is 3.99. The van der Waals surface area contributed by atoms with Crippen molar-refractivity contribution >= 4 is 21.8 Å². The van der Waals surface area contributed by atoms with E-state index in [0.717, 1.165) is 0 Å². The summed E-state index contributed by atoms with van der Waals surface area (Å²) >= 11 is 3.04. The van der Waals surface area contributed by atoms with Crippen molar-refractivity contribution in [2.45, 2.75) is 13.0 Å². The zero-order valence-corrected chi connectivity index (χ0v) is 10.7. The smallest absolute Gasteiger partial charge is 0.255 e. The van der Waals surface area contributed by atoms with Crippen LogP contribution >= 0.6 is 15.9 Å². The number of aliphatic hydroxyl groups excluding tert-OH is 1. The van der Waals surface area contributed by atoms with E-state index >= 15 is 0 Å². The molecule has 0 bridgehead atoms. The zero-order valence-electron chi connectivity index (χ0n) is 9.08. The second kappa shape index (κ2) is 5.41. The quantitative estimate of drug-likeness (QED) is 0.925. The molecular weight excluding hydrogens is 277 g/mol. The number of carbonyl (C=O) groups is 1. The van der Waals surface area contributed by atoms with E-state index in [4.69, 9.17) is 5.11 Å². The van der Waals surface area contributed by atoms with Gasteiger partial charge in [-0.2, -0.15) is 0 Å². The van der Waals surface area contributed by atoms with E-state index in [0.29, 0.717) is 0 Å². The van der Waals surface area contributed by atoms with Crippen molar-refractivity contribution in [3.63, 3.8) is 0 Å². The van der Waals surface area contributed by atoms with Gasteiger partial charge < -0.3 is 10.0 Å². The third-order valence-electron chi connectivity index (χ3n) is 2.43. The first-order valence-electron chi connectivity index (χ1n) is 4.81. The van der Waals surface area contributed by atoms with E-state index in [1.807, 2.05) is 0 Å². The van der Waals surface area contributed by atoms with Crippen molar-refractivity contribution in [2.75, 3.05) is 13.7 Å². The number of aliphatic hydroxyl groups is 1. The second-order valence-corrected chi connectivity index (χ2v) is 4.34. The number of halogens is 2. The Bertz CT molecular complexity index is 398. The summed E-state index contributed by atoms with van der Waals surface area (Å²) in [6.07, 6.45) is 0. The highest BCUT2D eigenvalue weighted by molar-refractivity contribution is 9.10. The highest BCUT2D eigenvalue weighted by Gasteiger charge is 2.20. The first-order valence-corrected chi connectivity index (χ1v) is 5.60. The van der Waals surface area contributed by atoms with Gasteiger partial charge in [0.25, 0.3) is 5.91 Å². The van der Waals surface area contributed by atoms with Crippen molar-refractivity contribution in [2.24, 2.45) is 0 Å². The number of likely N-dealkylation sites (N-methyl/N-ethyl adjacent to an activating group) is 1. The Hall–Kier alpha value is -0.940. The van der Waals surface area contributed by atoms with Gasteiger partial charge in [0.15, 0.2) is 0 Å². The predicted molar refractivity (Wildman–Crippen MR) is 62.7 cm³/mol. The van der Waals surface area contributed by atoms with Crippen LogP contribution in [0.15, 0.2) is 22.7 Å². The standard InChI is InChI=1S/C11H13BrFNO2/c1-7(6-15)14(2)11(16)8-4-3-5-9(13)10(8)12/h3-5,7,15H,6H2,1-2H3. The fourth-order valence-electron chi connectivity index (χ4n) is 1.18. The fraction of sp³-hybridized carbons (Fsp3) is 0.364. The molecule has 88 valence electrons. The molecule has 5 heteroatoms. The van der Waals surface area contributed by atoms with Crippen LogP contribution in [0.3, 0.4) is 0 Å². The SMILES string of the molecule is CC(CO)N(C)C(=O)c1cccc(F)c1Br. The van der Waals surface area contributed by atoms with Gasteiger partial charge in [0.2, 0.25) is 0 Å². The molecular formula is C11H13BrFNO2. The van der Waals surface area contributed by atoms with Crippen LogP contribution in [-0.2, 0) is 0 Å². The van der Waals surface area contributed by atoms with Gasteiger partial charge in [-0.15, -0.1) is 0 Å². The van der Waals surface area contributed by atoms with Crippen LogP contribution in [-0.4, -0.2) is 35.6 Å². The monoisotopic (exact) mass is 289 g/mol. The van der Waals surface area contributed by atoms with Crippen molar-refractivity contribution < 1.29 is 14.3 Å². The lowest BCUT2D eigenvalue weighted by molar-refractivity contribution is 0.0680. The first kappa shape index (κ1) is 13.1.